The third-order valence-corrected chi connectivity index (χ3v) is 3.86. The molecule has 6 heteroatoms. The van der Waals surface area contributed by atoms with E-state index in [1.165, 1.54) is 7.11 Å². The van der Waals surface area contributed by atoms with Gasteiger partial charge in [-0.1, -0.05) is 6.07 Å². The summed E-state index contributed by atoms with van der Waals surface area (Å²) in [6, 6.07) is 3.80. The van der Waals surface area contributed by atoms with E-state index in [0.717, 1.165) is 5.56 Å². The van der Waals surface area contributed by atoms with Crippen molar-refractivity contribution in [2.45, 2.75) is 6.54 Å². The molecule has 0 radical (unpaired) electrons. The van der Waals surface area contributed by atoms with Crippen molar-refractivity contribution in [1.29, 1.82) is 0 Å². The number of pyridine rings is 1. The van der Waals surface area contributed by atoms with Crippen LogP contribution in [0.5, 0.6) is 0 Å². The zero-order valence-electron chi connectivity index (χ0n) is 9.93. The molecule has 0 atom stereocenters. The Morgan fingerprint density at radius 3 is 2.88 bits per heavy atom. The quantitative estimate of drug-likeness (QED) is 0.676. The standard InChI is InChI=1S/C11H18N2O3S/c1-16-6-8-17(14,15)7-5-13-10-11-3-2-4-12-9-11/h2-4,9,13H,5-8,10H2,1H3. The molecule has 1 rings (SSSR count). The lowest BCUT2D eigenvalue weighted by Crippen LogP contribution is -2.25. The SMILES string of the molecule is COCCS(=O)(=O)CCNCc1cccnc1. The predicted molar refractivity (Wildman–Crippen MR) is 66.5 cm³/mol. The van der Waals surface area contributed by atoms with Gasteiger partial charge in [-0.3, -0.25) is 4.98 Å². The van der Waals surface area contributed by atoms with Crippen LogP contribution in [0.4, 0.5) is 0 Å². The average Bonchev–Trinajstić information content (AvgIpc) is 2.34. The molecule has 0 aliphatic rings. The highest BCUT2D eigenvalue weighted by atomic mass is 32.2. The van der Waals surface area contributed by atoms with Crippen LogP contribution in [0.15, 0.2) is 24.5 Å². The molecule has 0 aliphatic heterocycles. The Morgan fingerprint density at radius 1 is 1.41 bits per heavy atom. The molecular formula is C11H18N2O3S. The molecule has 1 N–H and O–H groups in total. The van der Waals surface area contributed by atoms with Crippen molar-refractivity contribution in [3.63, 3.8) is 0 Å². The molecule has 0 amide bonds. The number of hydrogen-bond donors (Lipinski definition) is 1. The third kappa shape index (κ3) is 6.35. The first kappa shape index (κ1) is 14.1. The van der Waals surface area contributed by atoms with Crippen LogP contribution in [0.2, 0.25) is 0 Å². The van der Waals surface area contributed by atoms with Gasteiger partial charge in [0.25, 0.3) is 0 Å². The maximum atomic E-state index is 11.5. The largest absolute Gasteiger partial charge is 0.384 e. The van der Waals surface area contributed by atoms with Gasteiger partial charge in [0.1, 0.15) is 0 Å². The second-order valence-electron chi connectivity index (χ2n) is 3.68. The number of nitrogens with one attached hydrogen (secondary N) is 1. The first-order valence-electron chi connectivity index (χ1n) is 5.43. The highest BCUT2D eigenvalue weighted by molar-refractivity contribution is 7.91. The van der Waals surface area contributed by atoms with E-state index >= 15 is 0 Å². The number of sulfone groups is 1. The predicted octanol–water partition coefficient (Wildman–Crippen LogP) is 0.232. The normalized spacial score (nSPS) is 11.6. The van der Waals surface area contributed by atoms with Gasteiger partial charge < -0.3 is 10.1 Å². The molecule has 5 nitrogen and oxygen atoms in total. The lowest BCUT2D eigenvalue weighted by Gasteiger charge is -2.05. The van der Waals surface area contributed by atoms with Gasteiger partial charge in [0.15, 0.2) is 9.84 Å². The number of aromatic nitrogens is 1. The van der Waals surface area contributed by atoms with Crippen LogP contribution in [0, 0.1) is 0 Å². The summed E-state index contributed by atoms with van der Waals surface area (Å²) in [5, 5.41) is 3.07. The molecule has 0 bridgehead atoms. The number of rotatable bonds is 8. The molecule has 0 saturated heterocycles. The van der Waals surface area contributed by atoms with E-state index in [1.54, 1.807) is 12.4 Å². The Balaban J connectivity index is 2.20. The molecule has 1 aromatic heterocycles. The first-order valence-corrected chi connectivity index (χ1v) is 7.25. The summed E-state index contributed by atoms with van der Waals surface area (Å²) in [6.07, 6.45) is 3.46. The first-order chi connectivity index (χ1) is 8.14. The fourth-order valence-corrected chi connectivity index (χ4v) is 2.36. The summed E-state index contributed by atoms with van der Waals surface area (Å²) < 4.78 is 27.7. The van der Waals surface area contributed by atoms with Gasteiger partial charge >= 0.3 is 0 Å². The topological polar surface area (TPSA) is 68.3 Å². The highest BCUT2D eigenvalue weighted by Gasteiger charge is 2.09. The Labute approximate surface area is 102 Å². The third-order valence-electron chi connectivity index (χ3n) is 2.24. The van der Waals surface area contributed by atoms with Crippen LogP contribution < -0.4 is 5.32 Å². The van der Waals surface area contributed by atoms with Crippen molar-refractivity contribution in [2.75, 3.05) is 31.8 Å². The van der Waals surface area contributed by atoms with Gasteiger partial charge in [0, 0.05) is 32.6 Å². The molecule has 0 aliphatic carbocycles. The minimum absolute atomic E-state index is 0.0814. The van der Waals surface area contributed by atoms with E-state index in [2.05, 4.69) is 10.3 Å². The van der Waals surface area contributed by atoms with Gasteiger partial charge in [-0.25, -0.2) is 8.42 Å². The van der Waals surface area contributed by atoms with Crippen molar-refractivity contribution in [3.8, 4) is 0 Å². The second kappa shape index (κ2) is 7.37. The molecule has 0 saturated carbocycles. The van der Waals surface area contributed by atoms with Crippen LogP contribution in [0.1, 0.15) is 5.56 Å². The number of ether oxygens (including phenoxy) is 1. The summed E-state index contributed by atoms with van der Waals surface area (Å²) in [5.74, 6) is 0.217. The Morgan fingerprint density at radius 2 is 2.24 bits per heavy atom. The summed E-state index contributed by atoms with van der Waals surface area (Å²) >= 11 is 0. The molecule has 0 spiro atoms. The second-order valence-corrected chi connectivity index (χ2v) is 5.99. The van der Waals surface area contributed by atoms with E-state index in [4.69, 9.17) is 4.74 Å². The molecule has 96 valence electrons. The Kier molecular flexibility index (Phi) is 6.10. The highest BCUT2D eigenvalue weighted by Crippen LogP contribution is 1.94. The van der Waals surface area contributed by atoms with Crippen LogP contribution in [0.3, 0.4) is 0 Å². The number of methoxy groups -OCH3 is 1. The van der Waals surface area contributed by atoms with Crippen LogP contribution in [-0.4, -0.2) is 45.2 Å². The van der Waals surface area contributed by atoms with Gasteiger partial charge in [0.05, 0.1) is 18.1 Å². The van der Waals surface area contributed by atoms with Crippen molar-refractivity contribution >= 4 is 9.84 Å². The maximum Gasteiger partial charge on any atom is 0.153 e. The molecule has 1 aromatic rings. The van der Waals surface area contributed by atoms with Crippen LogP contribution >= 0.6 is 0 Å². The van der Waals surface area contributed by atoms with Crippen LogP contribution in [-0.2, 0) is 21.1 Å². The van der Waals surface area contributed by atoms with Crippen molar-refractivity contribution in [3.05, 3.63) is 30.1 Å². The lowest BCUT2D eigenvalue weighted by atomic mass is 10.3. The van der Waals surface area contributed by atoms with Gasteiger partial charge in [-0.15, -0.1) is 0 Å². The van der Waals surface area contributed by atoms with Gasteiger partial charge in [-0.2, -0.15) is 0 Å². The smallest absolute Gasteiger partial charge is 0.153 e. The Hall–Kier alpha value is -0.980. The summed E-state index contributed by atoms with van der Waals surface area (Å²) in [4.78, 5) is 3.98. The summed E-state index contributed by atoms with van der Waals surface area (Å²) in [6.45, 7) is 1.33. The van der Waals surface area contributed by atoms with Crippen molar-refractivity contribution in [1.82, 2.24) is 10.3 Å². The van der Waals surface area contributed by atoms with Crippen molar-refractivity contribution < 1.29 is 13.2 Å². The van der Waals surface area contributed by atoms with E-state index in [1.807, 2.05) is 12.1 Å². The molecule has 1 heterocycles. The minimum atomic E-state index is -3.00. The number of nitrogens with zero attached hydrogens (tertiary/aromatic N) is 1. The zero-order valence-corrected chi connectivity index (χ0v) is 10.7. The zero-order chi connectivity index (χ0) is 12.6. The van der Waals surface area contributed by atoms with Gasteiger partial charge in [-0.05, 0) is 11.6 Å². The molecule has 0 aromatic carbocycles. The monoisotopic (exact) mass is 258 g/mol. The maximum absolute atomic E-state index is 11.5. The molecular weight excluding hydrogens is 240 g/mol. The fraction of sp³-hybridized carbons (Fsp3) is 0.545. The van der Waals surface area contributed by atoms with Crippen LogP contribution in [0.25, 0.3) is 0 Å². The van der Waals surface area contributed by atoms with E-state index in [9.17, 15) is 8.42 Å². The summed E-state index contributed by atoms with van der Waals surface area (Å²) in [7, 11) is -1.51. The van der Waals surface area contributed by atoms with E-state index in [-0.39, 0.29) is 18.1 Å². The fourth-order valence-electron chi connectivity index (χ4n) is 1.28. The van der Waals surface area contributed by atoms with E-state index in [0.29, 0.717) is 13.1 Å². The number of hydrogen-bond acceptors (Lipinski definition) is 5. The van der Waals surface area contributed by atoms with Crippen molar-refractivity contribution in [2.24, 2.45) is 0 Å². The Bertz CT molecular complexity index is 406. The average molecular weight is 258 g/mol. The molecule has 17 heavy (non-hydrogen) atoms. The van der Waals surface area contributed by atoms with Gasteiger partial charge in [0.2, 0.25) is 0 Å². The van der Waals surface area contributed by atoms with E-state index < -0.39 is 9.84 Å². The molecule has 0 fully saturated rings. The molecule has 0 unspecified atom stereocenters. The lowest BCUT2D eigenvalue weighted by molar-refractivity contribution is 0.217. The minimum Gasteiger partial charge on any atom is -0.384 e. The summed E-state index contributed by atoms with van der Waals surface area (Å²) in [5.41, 5.74) is 1.04.